The van der Waals surface area contributed by atoms with E-state index in [9.17, 15) is 18.3 Å². The lowest BCUT2D eigenvalue weighted by Gasteiger charge is -2.24. The molecule has 4 nitrogen and oxygen atoms in total. The van der Waals surface area contributed by atoms with Gasteiger partial charge in [-0.05, 0) is 12.8 Å². The van der Waals surface area contributed by atoms with E-state index >= 15 is 0 Å². The fourth-order valence-corrected chi connectivity index (χ4v) is 2.54. The maximum atomic E-state index is 13.5. The first-order valence-corrected chi connectivity index (χ1v) is 6.96. The minimum Gasteiger partial charge on any atom is -0.432 e. The molecule has 1 aliphatic carbocycles. The molecule has 0 aromatic heterocycles. The van der Waals surface area contributed by atoms with E-state index < -0.39 is 24.3 Å². The molecule has 7 heteroatoms. The molecule has 1 fully saturated rings. The number of hydrogen-bond acceptors (Lipinski definition) is 4. The Morgan fingerprint density at radius 2 is 1.95 bits per heavy atom. The molecule has 2 atom stereocenters. The molecular formula is C14H19F3N2O2. The number of nitrogen functional groups attached to an aromatic ring is 1. The zero-order chi connectivity index (χ0) is 15.4. The summed E-state index contributed by atoms with van der Waals surface area (Å²) in [7, 11) is 0. The quantitative estimate of drug-likeness (QED) is 0.590. The van der Waals surface area contributed by atoms with Crippen molar-refractivity contribution in [1.82, 2.24) is 0 Å². The second kappa shape index (κ2) is 6.89. The number of nitrogens with one attached hydrogen (secondary N) is 1. The third-order valence-electron chi connectivity index (χ3n) is 3.64. The summed E-state index contributed by atoms with van der Waals surface area (Å²) in [5, 5.41) is 13.1. The Labute approximate surface area is 121 Å². The van der Waals surface area contributed by atoms with Crippen LogP contribution in [0.5, 0.6) is 5.75 Å². The SMILES string of the molecule is Nc1cc(F)c(OC(F)F)cc1NC1CCCCCC1O. The van der Waals surface area contributed by atoms with Gasteiger partial charge in [-0.15, -0.1) is 0 Å². The number of ether oxygens (including phenoxy) is 1. The van der Waals surface area contributed by atoms with Gasteiger partial charge in [0, 0.05) is 12.1 Å². The van der Waals surface area contributed by atoms with Gasteiger partial charge in [-0.25, -0.2) is 4.39 Å². The number of aliphatic hydroxyl groups is 1. The lowest BCUT2D eigenvalue weighted by atomic mass is 10.1. The van der Waals surface area contributed by atoms with Crippen molar-refractivity contribution in [2.75, 3.05) is 11.1 Å². The maximum absolute atomic E-state index is 13.5. The van der Waals surface area contributed by atoms with Crippen molar-refractivity contribution in [3.05, 3.63) is 17.9 Å². The lowest BCUT2D eigenvalue weighted by molar-refractivity contribution is -0.0521. The summed E-state index contributed by atoms with van der Waals surface area (Å²) in [6.45, 7) is -3.11. The van der Waals surface area contributed by atoms with Gasteiger partial charge in [0.15, 0.2) is 11.6 Å². The molecule has 1 aliphatic rings. The molecule has 4 N–H and O–H groups in total. The average molecular weight is 304 g/mol. The number of rotatable bonds is 4. The molecule has 21 heavy (non-hydrogen) atoms. The van der Waals surface area contributed by atoms with Gasteiger partial charge in [0.2, 0.25) is 0 Å². The highest BCUT2D eigenvalue weighted by Gasteiger charge is 2.23. The second-order valence-electron chi connectivity index (χ2n) is 5.20. The largest absolute Gasteiger partial charge is 0.432 e. The second-order valence-corrected chi connectivity index (χ2v) is 5.20. The summed E-state index contributed by atoms with van der Waals surface area (Å²) in [6.07, 6.45) is 3.79. The van der Waals surface area contributed by atoms with Crippen molar-refractivity contribution in [3.63, 3.8) is 0 Å². The van der Waals surface area contributed by atoms with E-state index in [1.54, 1.807) is 0 Å². The van der Waals surface area contributed by atoms with Crippen LogP contribution in [0.1, 0.15) is 32.1 Å². The molecule has 1 aromatic rings. The van der Waals surface area contributed by atoms with Gasteiger partial charge in [0.1, 0.15) is 0 Å². The number of alkyl halides is 2. The van der Waals surface area contributed by atoms with Gasteiger partial charge in [-0.3, -0.25) is 0 Å². The highest BCUT2D eigenvalue weighted by Crippen LogP contribution is 2.31. The number of halogens is 3. The average Bonchev–Trinajstić information content (AvgIpc) is 2.60. The molecule has 0 amide bonds. The molecular weight excluding hydrogens is 285 g/mol. The molecule has 2 rings (SSSR count). The molecule has 0 spiro atoms. The maximum Gasteiger partial charge on any atom is 0.387 e. The van der Waals surface area contributed by atoms with Crippen molar-refractivity contribution in [3.8, 4) is 5.75 Å². The van der Waals surface area contributed by atoms with Crippen LogP contribution in [0.4, 0.5) is 24.5 Å². The van der Waals surface area contributed by atoms with Crippen molar-refractivity contribution < 1.29 is 23.0 Å². The molecule has 1 aromatic carbocycles. The topological polar surface area (TPSA) is 67.5 Å². The fraction of sp³-hybridized carbons (Fsp3) is 0.571. The third kappa shape index (κ3) is 4.17. The van der Waals surface area contributed by atoms with E-state index in [1.165, 1.54) is 0 Å². The molecule has 0 saturated heterocycles. The first-order chi connectivity index (χ1) is 9.97. The van der Waals surface area contributed by atoms with Gasteiger partial charge in [-0.2, -0.15) is 8.78 Å². The van der Waals surface area contributed by atoms with Crippen LogP contribution in [-0.2, 0) is 0 Å². The zero-order valence-electron chi connectivity index (χ0n) is 11.5. The Hall–Kier alpha value is -1.63. The van der Waals surface area contributed by atoms with Crippen LogP contribution >= 0.6 is 0 Å². The van der Waals surface area contributed by atoms with Crippen molar-refractivity contribution in [1.29, 1.82) is 0 Å². The van der Waals surface area contributed by atoms with Crippen LogP contribution in [0, 0.1) is 5.82 Å². The molecule has 1 saturated carbocycles. The molecule has 118 valence electrons. The summed E-state index contributed by atoms with van der Waals surface area (Å²) >= 11 is 0. The Bertz CT molecular complexity index is 486. The van der Waals surface area contributed by atoms with Crippen LogP contribution in [0.15, 0.2) is 12.1 Å². The number of benzene rings is 1. The van der Waals surface area contributed by atoms with E-state index in [1.807, 2.05) is 0 Å². The van der Waals surface area contributed by atoms with Crippen molar-refractivity contribution in [2.24, 2.45) is 0 Å². The van der Waals surface area contributed by atoms with Crippen LogP contribution in [0.3, 0.4) is 0 Å². The van der Waals surface area contributed by atoms with Crippen LogP contribution in [0.2, 0.25) is 0 Å². The predicted octanol–water partition coefficient (Wildman–Crippen LogP) is 3.11. The van der Waals surface area contributed by atoms with Crippen LogP contribution in [0.25, 0.3) is 0 Å². The van der Waals surface area contributed by atoms with E-state index in [-0.39, 0.29) is 17.4 Å². The van der Waals surface area contributed by atoms with Crippen LogP contribution in [-0.4, -0.2) is 23.9 Å². The molecule has 0 radical (unpaired) electrons. The van der Waals surface area contributed by atoms with Crippen molar-refractivity contribution in [2.45, 2.75) is 50.9 Å². The van der Waals surface area contributed by atoms with E-state index in [0.717, 1.165) is 37.8 Å². The monoisotopic (exact) mass is 304 g/mol. The zero-order valence-corrected chi connectivity index (χ0v) is 11.5. The van der Waals surface area contributed by atoms with E-state index in [0.29, 0.717) is 6.42 Å². The molecule has 0 heterocycles. The molecule has 2 unspecified atom stereocenters. The van der Waals surface area contributed by atoms with Gasteiger partial charge >= 0.3 is 6.61 Å². The van der Waals surface area contributed by atoms with E-state index in [4.69, 9.17) is 5.73 Å². The van der Waals surface area contributed by atoms with Gasteiger partial charge in [0.05, 0.1) is 23.5 Å². The van der Waals surface area contributed by atoms with E-state index in [2.05, 4.69) is 10.1 Å². The Morgan fingerprint density at radius 3 is 2.67 bits per heavy atom. The predicted molar refractivity (Wildman–Crippen MR) is 73.9 cm³/mol. The Kier molecular flexibility index (Phi) is 5.17. The number of nitrogens with two attached hydrogens (primary N) is 1. The van der Waals surface area contributed by atoms with Gasteiger partial charge < -0.3 is 20.9 Å². The Balaban J connectivity index is 2.18. The van der Waals surface area contributed by atoms with Gasteiger partial charge in [-0.1, -0.05) is 19.3 Å². The highest BCUT2D eigenvalue weighted by atomic mass is 19.3. The Morgan fingerprint density at radius 1 is 1.24 bits per heavy atom. The summed E-state index contributed by atoms with van der Waals surface area (Å²) in [4.78, 5) is 0. The molecule has 0 aliphatic heterocycles. The van der Waals surface area contributed by atoms with Crippen LogP contribution < -0.4 is 15.8 Å². The smallest absolute Gasteiger partial charge is 0.387 e. The third-order valence-corrected chi connectivity index (χ3v) is 3.64. The standard InChI is InChI=1S/C14H19F3N2O2/c15-8-6-9(18)11(7-13(8)21-14(16)17)19-10-4-2-1-3-5-12(10)20/h6-7,10,12,14,19-20H,1-5,18H2. The summed E-state index contributed by atoms with van der Waals surface area (Å²) < 4.78 is 42.1. The normalized spacial score (nSPS) is 22.9. The number of hydrogen-bond donors (Lipinski definition) is 3. The number of anilines is 2. The first-order valence-electron chi connectivity index (χ1n) is 6.96. The van der Waals surface area contributed by atoms with Crippen molar-refractivity contribution >= 4 is 11.4 Å². The summed E-state index contributed by atoms with van der Waals surface area (Å²) in [5.41, 5.74) is 6.07. The summed E-state index contributed by atoms with van der Waals surface area (Å²) in [6, 6.07) is 1.80. The minimum absolute atomic E-state index is 0.0885. The number of aliphatic hydroxyl groups excluding tert-OH is 1. The molecule has 0 bridgehead atoms. The fourth-order valence-electron chi connectivity index (χ4n) is 2.54. The first kappa shape index (κ1) is 15.8. The minimum atomic E-state index is -3.11. The lowest BCUT2D eigenvalue weighted by Crippen LogP contribution is -2.32. The summed E-state index contributed by atoms with van der Waals surface area (Å²) in [5.74, 6) is -1.51. The van der Waals surface area contributed by atoms with Gasteiger partial charge in [0.25, 0.3) is 0 Å². The highest BCUT2D eigenvalue weighted by molar-refractivity contribution is 5.69.